The maximum atomic E-state index is 11.3. The molecular weight excluding hydrogens is 254 g/mol. The summed E-state index contributed by atoms with van der Waals surface area (Å²) < 4.78 is 11.6. The highest BCUT2D eigenvalue weighted by Gasteiger charge is 2.40. The molecule has 0 saturated carbocycles. The Bertz CT molecular complexity index is 437. The van der Waals surface area contributed by atoms with Gasteiger partial charge in [-0.05, 0) is 5.56 Å². The quantitative estimate of drug-likeness (QED) is 0.353. The molecule has 1 aromatic carbocycles. The number of nitrogens with zero attached hydrogens (tertiary/aromatic N) is 1. The highest BCUT2D eigenvalue weighted by atomic mass is 32.2. The molecule has 2 rings (SSSR count). The van der Waals surface area contributed by atoms with Gasteiger partial charge in [-0.2, -0.15) is 0 Å². The highest BCUT2D eigenvalue weighted by Crippen LogP contribution is 2.30. The minimum atomic E-state index is -0.504. The number of carbonyl (C=O) groups excluding carboxylic acids is 2. The lowest BCUT2D eigenvalue weighted by Gasteiger charge is -2.36. The number of hydrogen-bond donors (Lipinski definition) is 0. The Morgan fingerprint density at radius 1 is 1.44 bits per heavy atom. The average Bonchev–Trinajstić information content (AvgIpc) is 2.35. The number of hydrogen-bond acceptors (Lipinski definition) is 5. The molecule has 5 nitrogen and oxygen atoms in total. The van der Waals surface area contributed by atoms with E-state index in [0.29, 0.717) is 6.61 Å². The van der Waals surface area contributed by atoms with Gasteiger partial charge in [0.15, 0.2) is 6.23 Å². The van der Waals surface area contributed by atoms with E-state index >= 15 is 0 Å². The van der Waals surface area contributed by atoms with Crippen LogP contribution in [0.1, 0.15) is 18.9 Å². The number of amides is 1. The molecule has 1 aromatic rings. The van der Waals surface area contributed by atoms with Gasteiger partial charge in [-0.3, -0.25) is 13.8 Å². The molecule has 0 aromatic heterocycles. The number of ether oxygens (including phenoxy) is 1. The zero-order valence-electron chi connectivity index (χ0n) is 9.87. The minimum absolute atomic E-state index is 0.0979. The Balaban J connectivity index is 1.76. The summed E-state index contributed by atoms with van der Waals surface area (Å²) in [6, 6.07) is 9.62. The summed E-state index contributed by atoms with van der Waals surface area (Å²) in [4.78, 5) is 22.1. The van der Waals surface area contributed by atoms with Crippen LogP contribution in [0.25, 0.3) is 0 Å². The van der Waals surface area contributed by atoms with Crippen molar-refractivity contribution in [1.82, 2.24) is 4.31 Å². The van der Waals surface area contributed by atoms with Crippen molar-refractivity contribution in [2.45, 2.75) is 26.2 Å². The average molecular weight is 267 g/mol. The third kappa shape index (κ3) is 3.24. The van der Waals surface area contributed by atoms with E-state index in [-0.39, 0.29) is 12.3 Å². The zero-order chi connectivity index (χ0) is 13.0. The van der Waals surface area contributed by atoms with Crippen molar-refractivity contribution in [3.8, 4) is 0 Å². The summed E-state index contributed by atoms with van der Waals surface area (Å²) in [5, 5.41) is 0. The Morgan fingerprint density at radius 2 is 2.17 bits per heavy atom. The van der Waals surface area contributed by atoms with Gasteiger partial charge in [-0.1, -0.05) is 30.3 Å². The Labute approximate surface area is 109 Å². The zero-order valence-corrected chi connectivity index (χ0v) is 10.7. The molecule has 1 aliphatic heterocycles. The van der Waals surface area contributed by atoms with Gasteiger partial charge in [-0.15, -0.1) is 0 Å². The normalized spacial score (nSPS) is 18.4. The van der Waals surface area contributed by atoms with Crippen LogP contribution in [0.2, 0.25) is 0 Å². The van der Waals surface area contributed by atoms with E-state index in [1.54, 1.807) is 0 Å². The van der Waals surface area contributed by atoms with Gasteiger partial charge in [0.05, 0.1) is 13.0 Å². The van der Waals surface area contributed by atoms with E-state index in [1.807, 2.05) is 30.3 Å². The van der Waals surface area contributed by atoms with Gasteiger partial charge in [-0.25, -0.2) is 4.31 Å². The van der Waals surface area contributed by atoms with E-state index in [2.05, 4.69) is 0 Å². The van der Waals surface area contributed by atoms with Crippen LogP contribution in [0.15, 0.2) is 30.3 Å². The third-order valence-corrected chi connectivity index (χ3v) is 3.18. The van der Waals surface area contributed by atoms with Crippen LogP contribution >= 0.6 is 12.2 Å². The largest absolute Gasteiger partial charge is 0.440 e. The van der Waals surface area contributed by atoms with E-state index < -0.39 is 12.2 Å². The van der Waals surface area contributed by atoms with Crippen LogP contribution in [0.5, 0.6) is 0 Å². The maximum Gasteiger partial charge on any atom is 0.304 e. The van der Waals surface area contributed by atoms with Crippen LogP contribution in [0, 0.1) is 0 Å². The van der Waals surface area contributed by atoms with E-state index in [1.165, 1.54) is 11.2 Å². The predicted octanol–water partition coefficient (Wildman–Crippen LogP) is 1.89. The van der Waals surface area contributed by atoms with E-state index in [0.717, 1.165) is 17.8 Å². The lowest BCUT2D eigenvalue weighted by atomic mass is 10.2. The Morgan fingerprint density at radius 3 is 2.78 bits per heavy atom. The number of benzene rings is 1. The fourth-order valence-corrected chi connectivity index (χ4v) is 2.14. The smallest absolute Gasteiger partial charge is 0.304 e. The van der Waals surface area contributed by atoms with Gasteiger partial charge in [0.2, 0.25) is 5.91 Å². The number of carbonyl (C=O) groups is 2. The van der Waals surface area contributed by atoms with Crippen molar-refractivity contribution < 1.29 is 18.5 Å². The predicted molar refractivity (Wildman–Crippen MR) is 65.8 cm³/mol. The summed E-state index contributed by atoms with van der Waals surface area (Å²) >= 11 is 0.923. The summed E-state index contributed by atoms with van der Waals surface area (Å²) in [5.74, 6) is -0.500. The minimum Gasteiger partial charge on any atom is -0.440 e. The molecule has 1 heterocycles. The summed E-state index contributed by atoms with van der Waals surface area (Å²) in [6.07, 6.45) is -0.280. The van der Waals surface area contributed by atoms with Crippen LogP contribution in [-0.2, 0) is 25.1 Å². The van der Waals surface area contributed by atoms with Crippen molar-refractivity contribution >= 4 is 24.1 Å². The molecule has 0 N–H and O–H groups in total. The SMILES string of the molecule is CC(=O)OC1CC(=O)N1SOCc1ccccc1. The first-order valence-corrected chi connectivity index (χ1v) is 6.19. The first kappa shape index (κ1) is 12.9. The van der Waals surface area contributed by atoms with Crippen molar-refractivity contribution in [2.75, 3.05) is 0 Å². The summed E-state index contributed by atoms with van der Waals surface area (Å²) in [7, 11) is 0. The first-order chi connectivity index (χ1) is 8.66. The number of esters is 1. The number of rotatable bonds is 5. The molecule has 96 valence electrons. The second-order valence-electron chi connectivity index (χ2n) is 3.81. The van der Waals surface area contributed by atoms with Crippen molar-refractivity contribution in [1.29, 1.82) is 0 Å². The topological polar surface area (TPSA) is 55.8 Å². The monoisotopic (exact) mass is 267 g/mol. The molecule has 1 amide bonds. The molecule has 6 heteroatoms. The molecule has 1 atom stereocenters. The van der Waals surface area contributed by atoms with Gasteiger partial charge in [0.25, 0.3) is 0 Å². The van der Waals surface area contributed by atoms with Gasteiger partial charge < -0.3 is 4.74 Å². The molecule has 0 bridgehead atoms. The second kappa shape index (κ2) is 5.88. The first-order valence-electron chi connectivity index (χ1n) is 5.49. The van der Waals surface area contributed by atoms with Gasteiger partial charge >= 0.3 is 5.97 Å². The molecular formula is C12H13NO4S. The molecule has 0 radical (unpaired) electrons. The van der Waals surface area contributed by atoms with Crippen LogP contribution in [0.3, 0.4) is 0 Å². The van der Waals surface area contributed by atoms with Gasteiger partial charge in [0.1, 0.15) is 12.2 Å². The van der Waals surface area contributed by atoms with Gasteiger partial charge in [0, 0.05) is 6.92 Å². The van der Waals surface area contributed by atoms with Crippen molar-refractivity contribution in [2.24, 2.45) is 0 Å². The lowest BCUT2D eigenvalue weighted by Crippen LogP contribution is -2.50. The standard InChI is InChI=1S/C12H13NO4S/c1-9(14)17-12-7-11(15)13(12)18-16-8-10-5-3-2-4-6-10/h2-6,12H,7-8H2,1H3. The number of β-lactam (4-membered cyclic amide) rings is 1. The molecule has 1 aliphatic rings. The van der Waals surface area contributed by atoms with E-state index in [4.69, 9.17) is 8.92 Å². The fourth-order valence-electron chi connectivity index (χ4n) is 1.47. The molecule has 1 saturated heterocycles. The summed E-state index contributed by atoms with van der Waals surface area (Å²) in [5.41, 5.74) is 1.02. The van der Waals surface area contributed by atoms with Crippen LogP contribution in [0.4, 0.5) is 0 Å². The lowest BCUT2D eigenvalue weighted by molar-refractivity contribution is -0.170. The Hall–Kier alpha value is -1.53. The molecule has 18 heavy (non-hydrogen) atoms. The Kier molecular flexibility index (Phi) is 4.22. The van der Waals surface area contributed by atoms with Crippen molar-refractivity contribution in [3.05, 3.63) is 35.9 Å². The van der Waals surface area contributed by atoms with Crippen LogP contribution in [-0.4, -0.2) is 22.4 Å². The highest BCUT2D eigenvalue weighted by molar-refractivity contribution is 7.92. The summed E-state index contributed by atoms with van der Waals surface area (Å²) in [6.45, 7) is 1.71. The van der Waals surface area contributed by atoms with E-state index in [9.17, 15) is 9.59 Å². The van der Waals surface area contributed by atoms with Crippen LogP contribution < -0.4 is 0 Å². The molecule has 0 aliphatic carbocycles. The second-order valence-corrected chi connectivity index (χ2v) is 4.59. The molecule has 0 spiro atoms. The van der Waals surface area contributed by atoms with Crippen molar-refractivity contribution in [3.63, 3.8) is 0 Å². The fraction of sp³-hybridized carbons (Fsp3) is 0.333. The molecule has 1 unspecified atom stereocenters. The third-order valence-electron chi connectivity index (χ3n) is 2.36. The maximum absolute atomic E-state index is 11.3. The molecule has 1 fully saturated rings.